The van der Waals surface area contributed by atoms with E-state index in [1.807, 2.05) is 7.05 Å². The first-order chi connectivity index (χ1) is 6.70. The van der Waals surface area contributed by atoms with E-state index in [-0.39, 0.29) is 5.92 Å². The third kappa shape index (κ3) is 2.48. The fourth-order valence-electron chi connectivity index (χ4n) is 2.67. The Balaban J connectivity index is 2.63. The maximum Gasteiger partial charge on any atom is 0.0675 e. The average molecular weight is 194 g/mol. The summed E-state index contributed by atoms with van der Waals surface area (Å²) in [6, 6.07) is 2.87. The van der Waals surface area contributed by atoms with Crippen molar-refractivity contribution in [1.29, 1.82) is 5.26 Å². The summed E-state index contributed by atoms with van der Waals surface area (Å²) in [4.78, 5) is 0. The first kappa shape index (κ1) is 11.5. The molecule has 0 aromatic heterocycles. The highest BCUT2D eigenvalue weighted by molar-refractivity contribution is 4.97. The molecule has 80 valence electrons. The van der Waals surface area contributed by atoms with Crippen LogP contribution in [0, 0.1) is 29.1 Å². The van der Waals surface area contributed by atoms with Crippen molar-refractivity contribution in [2.24, 2.45) is 17.8 Å². The lowest BCUT2D eigenvalue weighted by Crippen LogP contribution is -2.41. The average Bonchev–Trinajstić information content (AvgIpc) is 2.65. The van der Waals surface area contributed by atoms with Gasteiger partial charge in [-0.1, -0.05) is 26.7 Å². The van der Waals surface area contributed by atoms with Crippen molar-refractivity contribution in [3.05, 3.63) is 0 Å². The minimum atomic E-state index is 0.170. The summed E-state index contributed by atoms with van der Waals surface area (Å²) in [5.74, 6) is 1.35. The monoisotopic (exact) mass is 194 g/mol. The van der Waals surface area contributed by atoms with Gasteiger partial charge in [0, 0.05) is 6.04 Å². The van der Waals surface area contributed by atoms with Crippen LogP contribution in [-0.2, 0) is 0 Å². The van der Waals surface area contributed by atoms with E-state index in [2.05, 4.69) is 25.2 Å². The van der Waals surface area contributed by atoms with Crippen molar-refractivity contribution in [3.8, 4) is 6.07 Å². The van der Waals surface area contributed by atoms with Gasteiger partial charge in [0.25, 0.3) is 0 Å². The molecule has 2 atom stereocenters. The molecular formula is C12H22N2. The van der Waals surface area contributed by atoms with Crippen LogP contribution in [0.2, 0.25) is 0 Å². The van der Waals surface area contributed by atoms with E-state index >= 15 is 0 Å². The molecule has 2 unspecified atom stereocenters. The van der Waals surface area contributed by atoms with E-state index in [1.165, 1.54) is 25.7 Å². The molecule has 0 aromatic rings. The Kier molecular flexibility index (Phi) is 4.41. The lowest BCUT2D eigenvalue weighted by atomic mass is 9.81. The van der Waals surface area contributed by atoms with Gasteiger partial charge >= 0.3 is 0 Å². The molecule has 0 saturated heterocycles. The van der Waals surface area contributed by atoms with Crippen molar-refractivity contribution in [2.45, 2.75) is 45.6 Å². The van der Waals surface area contributed by atoms with Gasteiger partial charge in [-0.05, 0) is 31.7 Å². The Morgan fingerprint density at radius 1 is 1.29 bits per heavy atom. The second-order valence-electron chi connectivity index (χ2n) is 4.76. The molecule has 1 aliphatic carbocycles. The summed E-state index contributed by atoms with van der Waals surface area (Å²) >= 11 is 0. The number of nitrogens with zero attached hydrogens (tertiary/aromatic N) is 1. The summed E-state index contributed by atoms with van der Waals surface area (Å²) < 4.78 is 0. The molecule has 1 N–H and O–H groups in total. The van der Waals surface area contributed by atoms with Gasteiger partial charge < -0.3 is 5.32 Å². The molecule has 0 bridgehead atoms. The maximum absolute atomic E-state index is 9.17. The molecule has 0 aromatic carbocycles. The van der Waals surface area contributed by atoms with Gasteiger partial charge in [-0.15, -0.1) is 0 Å². The Morgan fingerprint density at radius 3 is 2.21 bits per heavy atom. The molecule has 2 nitrogen and oxygen atoms in total. The highest BCUT2D eigenvalue weighted by atomic mass is 14.9. The molecule has 14 heavy (non-hydrogen) atoms. The minimum Gasteiger partial charge on any atom is -0.315 e. The Hall–Kier alpha value is -0.550. The number of nitrogens with one attached hydrogen (secondary N) is 1. The number of hydrogen-bond acceptors (Lipinski definition) is 2. The zero-order valence-electron chi connectivity index (χ0n) is 9.59. The topological polar surface area (TPSA) is 35.8 Å². The van der Waals surface area contributed by atoms with Gasteiger partial charge in [-0.2, -0.15) is 5.26 Å². The van der Waals surface area contributed by atoms with E-state index in [4.69, 9.17) is 5.26 Å². The van der Waals surface area contributed by atoms with Crippen LogP contribution in [-0.4, -0.2) is 13.1 Å². The molecule has 0 spiro atoms. The van der Waals surface area contributed by atoms with Gasteiger partial charge in [0.05, 0.1) is 12.0 Å². The molecule has 0 radical (unpaired) electrons. The summed E-state index contributed by atoms with van der Waals surface area (Å²) in [6.07, 6.45) is 5.30. The fraction of sp³-hybridized carbons (Fsp3) is 0.917. The highest BCUT2D eigenvalue weighted by Crippen LogP contribution is 2.32. The van der Waals surface area contributed by atoms with Crippen LogP contribution < -0.4 is 5.32 Å². The number of hydrogen-bond donors (Lipinski definition) is 1. The third-order valence-corrected chi connectivity index (χ3v) is 3.50. The molecule has 0 amide bonds. The first-order valence-electron chi connectivity index (χ1n) is 5.77. The van der Waals surface area contributed by atoms with Gasteiger partial charge in [-0.3, -0.25) is 0 Å². The standard InChI is InChI=1S/C12H22N2/c1-9(2)11(8-13)12(14-3)10-6-4-5-7-10/h9-12,14H,4-7H2,1-3H3. The van der Waals surface area contributed by atoms with Crippen LogP contribution in [0.5, 0.6) is 0 Å². The summed E-state index contributed by atoms with van der Waals surface area (Å²) in [5.41, 5.74) is 0. The molecule has 0 aliphatic heterocycles. The molecule has 2 heteroatoms. The van der Waals surface area contributed by atoms with E-state index in [0.29, 0.717) is 12.0 Å². The van der Waals surface area contributed by atoms with Gasteiger partial charge in [0.2, 0.25) is 0 Å². The molecule has 1 rings (SSSR count). The third-order valence-electron chi connectivity index (χ3n) is 3.50. The first-order valence-corrected chi connectivity index (χ1v) is 5.77. The zero-order valence-corrected chi connectivity index (χ0v) is 9.59. The van der Waals surface area contributed by atoms with E-state index in [9.17, 15) is 0 Å². The SMILES string of the molecule is CNC(C1CCCC1)C(C#N)C(C)C. The second kappa shape index (κ2) is 5.36. The maximum atomic E-state index is 9.17. The lowest BCUT2D eigenvalue weighted by molar-refractivity contribution is 0.266. The smallest absolute Gasteiger partial charge is 0.0675 e. The summed E-state index contributed by atoms with van der Waals surface area (Å²) in [6.45, 7) is 4.29. The van der Waals surface area contributed by atoms with E-state index in [0.717, 1.165) is 5.92 Å². The van der Waals surface area contributed by atoms with Crippen molar-refractivity contribution < 1.29 is 0 Å². The number of rotatable bonds is 4. The zero-order chi connectivity index (χ0) is 10.6. The van der Waals surface area contributed by atoms with Crippen LogP contribution >= 0.6 is 0 Å². The molecule has 1 saturated carbocycles. The van der Waals surface area contributed by atoms with Gasteiger partial charge in [0.1, 0.15) is 0 Å². The van der Waals surface area contributed by atoms with Crippen LogP contribution in [0.1, 0.15) is 39.5 Å². The van der Waals surface area contributed by atoms with Crippen molar-refractivity contribution >= 4 is 0 Å². The van der Waals surface area contributed by atoms with Gasteiger partial charge in [-0.25, -0.2) is 0 Å². The van der Waals surface area contributed by atoms with Crippen molar-refractivity contribution in [3.63, 3.8) is 0 Å². The van der Waals surface area contributed by atoms with Crippen LogP contribution in [0.3, 0.4) is 0 Å². The van der Waals surface area contributed by atoms with Gasteiger partial charge in [0.15, 0.2) is 0 Å². The number of nitriles is 1. The molecular weight excluding hydrogens is 172 g/mol. The Bertz CT molecular complexity index is 199. The fourth-order valence-corrected chi connectivity index (χ4v) is 2.67. The summed E-state index contributed by atoms with van der Waals surface area (Å²) in [7, 11) is 2.00. The highest BCUT2D eigenvalue weighted by Gasteiger charge is 2.31. The largest absolute Gasteiger partial charge is 0.315 e. The van der Waals surface area contributed by atoms with Crippen LogP contribution in [0.25, 0.3) is 0 Å². The van der Waals surface area contributed by atoms with Crippen molar-refractivity contribution in [1.82, 2.24) is 5.32 Å². The van der Waals surface area contributed by atoms with Crippen LogP contribution in [0.15, 0.2) is 0 Å². The Labute approximate surface area is 87.7 Å². The van der Waals surface area contributed by atoms with Crippen LogP contribution in [0.4, 0.5) is 0 Å². The predicted octanol–water partition coefficient (Wildman–Crippen LogP) is 2.56. The Morgan fingerprint density at radius 2 is 1.86 bits per heavy atom. The van der Waals surface area contributed by atoms with Crippen molar-refractivity contribution in [2.75, 3.05) is 7.05 Å². The quantitative estimate of drug-likeness (QED) is 0.746. The van der Waals surface area contributed by atoms with E-state index in [1.54, 1.807) is 0 Å². The summed E-state index contributed by atoms with van der Waals surface area (Å²) in [5, 5.41) is 12.5. The minimum absolute atomic E-state index is 0.170. The second-order valence-corrected chi connectivity index (χ2v) is 4.76. The lowest BCUT2D eigenvalue weighted by Gasteiger charge is -2.29. The predicted molar refractivity (Wildman–Crippen MR) is 58.7 cm³/mol. The van der Waals surface area contributed by atoms with E-state index < -0.39 is 0 Å². The normalized spacial score (nSPS) is 22.2. The molecule has 0 heterocycles. The molecule has 1 aliphatic rings. The molecule has 1 fully saturated rings.